The van der Waals surface area contributed by atoms with E-state index < -0.39 is 0 Å². The molecule has 6 heteroatoms. The third-order valence-electron chi connectivity index (χ3n) is 4.20. The van der Waals surface area contributed by atoms with Gasteiger partial charge in [-0.3, -0.25) is 9.69 Å². The summed E-state index contributed by atoms with van der Waals surface area (Å²) in [4.78, 5) is 19.4. The van der Waals surface area contributed by atoms with Crippen molar-refractivity contribution in [2.75, 3.05) is 19.0 Å². The van der Waals surface area contributed by atoms with Crippen molar-refractivity contribution < 1.29 is 14.3 Å². The molecule has 2 aromatic rings. The molecule has 0 unspecified atom stereocenters. The molecule has 0 saturated carbocycles. The van der Waals surface area contributed by atoms with Gasteiger partial charge in [0.1, 0.15) is 0 Å². The molecule has 1 amide bonds. The molecule has 1 atom stereocenters. The Morgan fingerprint density at radius 1 is 1.07 bits per heavy atom. The molecule has 0 aromatic heterocycles. The number of para-hydroxylation sites is 3. The molecule has 0 N–H and O–H groups in total. The third kappa shape index (κ3) is 4.83. The number of thioether (sulfide) groups is 1. The van der Waals surface area contributed by atoms with E-state index in [2.05, 4.69) is 11.9 Å². The number of carbonyl (C=O) groups excluding carboxylic acids is 1. The molecular weight excluding hydrogens is 360 g/mol. The highest BCUT2D eigenvalue weighted by atomic mass is 32.2. The molecule has 0 spiro atoms. The Morgan fingerprint density at radius 2 is 1.74 bits per heavy atom. The van der Waals surface area contributed by atoms with Crippen molar-refractivity contribution in [3.8, 4) is 11.5 Å². The van der Waals surface area contributed by atoms with Gasteiger partial charge in [-0.05, 0) is 37.6 Å². The number of ether oxygens (including phenoxy) is 2. The van der Waals surface area contributed by atoms with Crippen LogP contribution in [0.1, 0.15) is 20.3 Å². The van der Waals surface area contributed by atoms with E-state index in [1.54, 1.807) is 16.7 Å². The van der Waals surface area contributed by atoms with Gasteiger partial charge in [0, 0.05) is 11.8 Å². The molecule has 1 heterocycles. The second-order valence-corrected chi connectivity index (χ2v) is 7.02. The number of carbonyl (C=O) groups is 1. The Bertz CT molecular complexity index is 795. The number of aliphatic imine (C=N–C) groups is 1. The molecule has 1 aliphatic heterocycles. The van der Waals surface area contributed by atoms with E-state index in [0.29, 0.717) is 18.1 Å². The summed E-state index contributed by atoms with van der Waals surface area (Å²) in [5, 5.41) is 0.736. The maximum Gasteiger partial charge on any atom is 0.266 e. The minimum atomic E-state index is -0.0900. The fourth-order valence-electron chi connectivity index (χ4n) is 2.83. The highest BCUT2D eigenvalue weighted by Crippen LogP contribution is 2.30. The van der Waals surface area contributed by atoms with E-state index >= 15 is 0 Å². The topological polar surface area (TPSA) is 51.1 Å². The minimum Gasteiger partial charge on any atom is -0.490 e. The first-order valence-electron chi connectivity index (χ1n) is 9.16. The summed E-state index contributed by atoms with van der Waals surface area (Å²) in [5.41, 5.74) is 0.845. The van der Waals surface area contributed by atoms with Crippen LogP contribution < -0.4 is 9.47 Å². The van der Waals surface area contributed by atoms with Crippen LogP contribution in [0.25, 0.3) is 0 Å². The summed E-state index contributed by atoms with van der Waals surface area (Å²) in [6, 6.07) is 17.2. The van der Waals surface area contributed by atoms with Crippen LogP contribution in [-0.2, 0) is 4.79 Å². The molecule has 0 bridgehead atoms. The van der Waals surface area contributed by atoms with Gasteiger partial charge in [-0.1, -0.05) is 49.0 Å². The van der Waals surface area contributed by atoms with E-state index in [1.165, 1.54) is 0 Å². The van der Waals surface area contributed by atoms with Gasteiger partial charge in [0.25, 0.3) is 5.91 Å². The molecular formula is C21H24N2O3S. The molecule has 142 valence electrons. The molecule has 27 heavy (non-hydrogen) atoms. The lowest BCUT2D eigenvalue weighted by molar-refractivity contribution is -0.130. The molecule has 3 rings (SSSR count). The number of benzene rings is 2. The summed E-state index contributed by atoms with van der Waals surface area (Å²) in [6.07, 6.45) is 0.877. The molecule has 1 aliphatic rings. The first-order valence-corrected chi connectivity index (χ1v) is 10.1. The Morgan fingerprint density at radius 3 is 2.41 bits per heavy atom. The van der Waals surface area contributed by atoms with Crippen LogP contribution in [0.4, 0.5) is 5.69 Å². The second kappa shape index (κ2) is 9.46. The zero-order valence-electron chi connectivity index (χ0n) is 15.6. The van der Waals surface area contributed by atoms with Crippen LogP contribution in [-0.4, -0.2) is 41.0 Å². The van der Waals surface area contributed by atoms with Gasteiger partial charge in [0.05, 0.1) is 12.3 Å². The minimum absolute atomic E-state index is 0.0467. The lowest BCUT2D eigenvalue weighted by Gasteiger charge is -2.23. The van der Waals surface area contributed by atoms with Crippen LogP contribution in [0.15, 0.2) is 59.6 Å². The van der Waals surface area contributed by atoms with Crippen LogP contribution >= 0.6 is 11.8 Å². The molecule has 1 fully saturated rings. The summed E-state index contributed by atoms with van der Waals surface area (Å²) < 4.78 is 11.3. The fourth-order valence-corrected chi connectivity index (χ4v) is 4.12. The lowest BCUT2D eigenvalue weighted by atomic mass is 10.2. The molecule has 1 saturated heterocycles. The highest BCUT2D eigenvalue weighted by molar-refractivity contribution is 8.14. The zero-order chi connectivity index (χ0) is 19.1. The predicted molar refractivity (Wildman–Crippen MR) is 110 cm³/mol. The fraction of sp³-hybridized carbons (Fsp3) is 0.333. The predicted octanol–water partition coefficient (Wildman–Crippen LogP) is 4.51. The van der Waals surface area contributed by atoms with E-state index in [9.17, 15) is 4.79 Å². The van der Waals surface area contributed by atoms with Crippen molar-refractivity contribution >= 4 is 28.5 Å². The smallest absolute Gasteiger partial charge is 0.266 e. The van der Waals surface area contributed by atoms with Gasteiger partial charge in [0.15, 0.2) is 23.3 Å². The number of amides is 1. The monoisotopic (exact) mass is 384 g/mol. The maximum absolute atomic E-state index is 12.9. The van der Waals surface area contributed by atoms with Crippen molar-refractivity contribution in [2.45, 2.75) is 26.3 Å². The Hall–Kier alpha value is -2.47. The zero-order valence-corrected chi connectivity index (χ0v) is 16.4. The maximum atomic E-state index is 12.9. The average Bonchev–Trinajstić information content (AvgIpc) is 3.11. The standard InChI is InChI=1S/C21H24N2O3S/c1-3-17-15-27-21(22-16-10-6-5-7-11-16)23(17)20(24)14-26-19-13-9-8-12-18(19)25-4-2/h5-13,17H,3-4,14-15H2,1-2H3/t17-/m0/s1. The van der Waals surface area contributed by atoms with Gasteiger partial charge >= 0.3 is 0 Å². The van der Waals surface area contributed by atoms with Crippen LogP contribution in [0.2, 0.25) is 0 Å². The first-order chi connectivity index (χ1) is 13.2. The number of rotatable bonds is 7. The van der Waals surface area contributed by atoms with E-state index in [0.717, 1.165) is 23.0 Å². The van der Waals surface area contributed by atoms with Gasteiger partial charge in [-0.2, -0.15) is 0 Å². The Balaban J connectivity index is 1.74. The highest BCUT2D eigenvalue weighted by Gasteiger charge is 2.34. The Labute approximate surface area is 164 Å². The molecule has 5 nitrogen and oxygen atoms in total. The first kappa shape index (κ1) is 19.3. The van der Waals surface area contributed by atoms with Crippen molar-refractivity contribution in [3.63, 3.8) is 0 Å². The average molecular weight is 385 g/mol. The summed E-state index contributed by atoms with van der Waals surface area (Å²) in [5.74, 6) is 1.99. The van der Waals surface area contributed by atoms with Gasteiger partial charge in [-0.15, -0.1) is 0 Å². The summed E-state index contributed by atoms with van der Waals surface area (Å²) >= 11 is 1.61. The largest absolute Gasteiger partial charge is 0.490 e. The van der Waals surface area contributed by atoms with Gasteiger partial charge < -0.3 is 9.47 Å². The molecule has 0 radical (unpaired) electrons. The van der Waals surface area contributed by atoms with Crippen LogP contribution in [0.3, 0.4) is 0 Å². The van der Waals surface area contributed by atoms with Crippen molar-refractivity contribution in [2.24, 2.45) is 4.99 Å². The summed E-state index contributed by atoms with van der Waals surface area (Å²) in [7, 11) is 0. The van der Waals surface area contributed by atoms with Crippen molar-refractivity contribution in [3.05, 3.63) is 54.6 Å². The lowest BCUT2D eigenvalue weighted by Crippen LogP contribution is -2.41. The number of hydrogen-bond donors (Lipinski definition) is 0. The Kier molecular flexibility index (Phi) is 6.76. The number of nitrogens with zero attached hydrogens (tertiary/aromatic N) is 2. The van der Waals surface area contributed by atoms with Crippen LogP contribution in [0.5, 0.6) is 11.5 Å². The third-order valence-corrected chi connectivity index (χ3v) is 5.29. The van der Waals surface area contributed by atoms with Crippen LogP contribution in [0, 0.1) is 0 Å². The SMILES string of the molecule is CCOc1ccccc1OCC(=O)N1C(=Nc2ccccc2)SC[C@@H]1CC. The van der Waals surface area contributed by atoms with Gasteiger partial charge in [0.2, 0.25) is 0 Å². The summed E-state index contributed by atoms with van der Waals surface area (Å²) in [6.45, 7) is 4.50. The van der Waals surface area contributed by atoms with E-state index in [1.807, 2.05) is 61.5 Å². The second-order valence-electron chi connectivity index (χ2n) is 6.04. The number of hydrogen-bond acceptors (Lipinski definition) is 5. The van der Waals surface area contributed by atoms with Crippen molar-refractivity contribution in [1.82, 2.24) is 4.90 Å². The van der Waals surface area contributed by atoms with Crippen molar-refractivity contribution in [1.29, 1.82) is 0 Å². The molecule has 0 aliphatic carbocycles. The molecule has 2 aromatic carbocycles. The van der Waals surface area contributed by atoms with Gasteiger partial charge in [-0.25, -0.2) is 4.99 Å². The number of amidine groups is 1. The quantitative estimate of drug-likeness (QED) is 0.705. The van der Waals surface area contributed by atoms with E-state index in [4.69, 9.17) is 9.47 Å². The normalized spacial score (nSPS) is 17.9. The van der Waals surface area contributed by atoms with E-state index in [-0.39, 0.29) is 18.6 Å².